The minimum Gasteiger partial charge on any atom is -0.454 e. The monoisotopic (exact) mass is 410 g/mol. The van der Waals surface area contributed by atoms with Crippen LogP contribution in [0.15, 0.2) is 48.5 Å². The van der Waals surface area contributed by atoms with Crippen LogP contribution in [-0.4, -0.2) is 52.3 Å². The summed E-state index contributed by atoms with van der Waals surface area (Å²) in [6, 6.07) is 16.2. The first-order valence-corrected chi connectivity index (χ1v) is 10.1. The molecule has 7 nitrogen and oxygen atoms in total. The third kappa shape index (κ3) is 3.78. The van der Waals surface area contributed by atoms with Crippen molar-refractivity contribution in [2.75, 3.05) is 33.1 Å². The minimum atomic E-state index is 0.269. The Morgan fingerprint density at radius 3 is 2.59 bits per heavy atom. The number of ether oxygens (including phenoxy) is 3. The van der Waals surface area contributed by atoms with Crippen LogP contribution in [-0.2, 0) is 18.0 Å². The van der Waals surface area contributed by atoms with Gasteiger partial charge in [0.15, 0.2) is 22.1 Å². The third-order valence-corrected chi connectivity index (χ3v) is 5.60. The lowest BCUT2D eigenvalue weighted by Gasteiger charge is -2.26. The molecular formula is C21H22N4O3S. The average molecular weight is 410 g/mol. The molecule has 0 aliphatic carbocycles. The Morgan fingerprint density at radius 1 is 0.966 bits per heavy atom. The van der Waals surface area contributed by atoms with Gasteiger partial charge in [0, 0.05) is 18.7 Å². The molecule has 8 heteroatoms. The Hall–Kier alpha value is -2.68. The smallest absolute Gasteiger partial charge is 0.231 e. The maximum atomic E-state index is 5.83. The predicted octanol–water partition coefficient (Wildman–Crippen LogP) is 3.15. The molecule has 0 saturated carbocycles. The van der Waals surface area contributed by atoms with Gasteiger partial charge in [0.1, 0.15) is 0 Å². The second-order valence-electron chi connectivity index (χ2n) is 7.12. The Morgan fingerprint density at radius 2 is 1.76 bits per heavy atom. The number of nitrogens with zero attached hydrogens (tertiary/aromatic N) is 4. The van der Waals surface area contributed by atoms with Crippen LogP contribution in [0.4, 0.5) is 0 Å². The highest BCUT2D eigenvalue weighted by molar-refractivity contribution is 7.71. The summed E-state index contributed by atoms with van der Waals surface area (Å²) in [5.41, 5.74) is 2.13. The van der Waals surface area contributed by atoms with E-state index in [0.717, 1.165) is 54.8 Å². The second kappa shape index (κ2) is 7.98. The zero-order valence-electron chi connectivity index (χ0n) is 16.0. The van der Waals surface area contributed by atoms with Crippen molar-refractivity contribution >= 4 is 12.2 Å². The molecule has 2 aliphatic heterocycles. The molecule has 5 rings (SSSR count). The molecule has 1 saturated heterocycles. The fourth-order valence-corrected chi connectivity index (χ4v) is 3.88. The maximum absolute atomic E-state index is 5.83. The van der Waals surface area contributed by atoms with Gasteiger partial charge in [-0.05, 0) is 29.9 Å². The molecule has 2 aliphatic rings. The van der Waals surface area contributed by atoms with Gasteiger partial charge in [-0.1, -0.05) is 36.4 Å². The summed E-state index contributed by atoms with van der Waals surface area (Å²) in [4.78, 5) is 2.31. The zero-order valence-corrected chi connectivity index (χ0v) is 16.8. The summed E-state index contributed by atoms with van der Waals surface area (Å²) < 4.78 is 21.1. The fourth-order valence-electron chi connectivity index (χ4n) is 3.63. The molecule has 3 aromatic rings. The highest BCUT2D eigenvalue weighted by atomic mass is 32.1. The summed E-state index contributed by atoms with van der Waals surface area (Å²) in [5, 5.41) is 4.88. The molecule has 0 radical (unpaired) electrons. The summed E-state index contributed by atoms with van der Waals surface area (Å²) in [7, 11) is 0. The second-order valence-corrected chi connectivity index (χ2v) is 7.48. The molecule has 0 bridgehead atoms. The van der Waals surface area contributed by atoms with E-state index in [1.165, 1.54) is 0 Å². The molecule has 0 amide bonds. The van der Waals surface area contributed by atoms with E-state index in [4.69, 9.17) is 31.5 Å². The van der Waals surface area contributed by atoms with Crippen molar-refractivity contribution in [3.8, 4) is 22.9 Å². The van der Waals surface area contributed by atoms with E-state index in [9.17, 15) is 0 Å². The summed E-state index contributed by atoms with van der Waals surface area (Å²) in [6.07, 6.45) is 0. The predicted molar refractivity (Wildman–Crippen MR) is 111 cm³/mol. The normalized spacial score (nSPS) is 16.3. The van der Waals surface area contributed by atoms with E-state index in [1.54, 1.807) is 0 Å². The Labute approximate surface area is 174 Å². The van der Waals surface area contributed by atoms with Gasteiger partial charge in [0.25, 0.3) is 0 Å². The molecule has 29 heavy (non-hydrogen) atoms. The standard InChI is InChI=1S/C21H22N4O3S/c29-21-24(13-16-6-7-18-19(12-16)28-15-27-18)20(17-4-2-1-3-5-17)22-25(21)14-23-8-10-26-11-9-23/h1-7,12H,8-11,13-15H2. The van der Waals surface area contributed by atoms with Gasteiger partial charge in [-0.15, -0.1) is 0 Å². The van der Waals surface area contributed by atoms with E-state index in [0.29, 0.717) is 18.0 Å². The molecule has 2 aromatic carbocycles. The maximum Gasteiger partial charge on any atom is 0.231 e. The van der Waals surface area contributed by atoms with E-state index in [-0.39, 0.29) is 6.79 Å². The molecule has 1 fully saturated rings. The summed E-state index contributed by atoms with van der Waals surface area (Å²) >= 11 is 5.83. The number of fused-ring (bicyclic) bond motifs is 1. The van der Waals surface area contributed by atoms with Gasteiger partial charge in [-0.2, -0.15) is 5.10 Å². The molecule has 3 heterocycles. The number of hydrogen-bond acceptors (Lipinski definition) is 6. The van der Waals surface area contributed by atoms with Crippen LogP contribution in [0.3, 0.4) is 0 Å². The minimum absolute atomic E-state index is 0.269. The van der Waals surface area contributed by atoms with Crippen LogP contribution >= 0.6 is 12.2 Å². The Bertz CT molecular complexity index is 1060. The molecule has 0 unspecified atom stereocenters. The van der Waals surface area contributed by atoms with Crippen LogP contribution in [0, 0.1) is 4.77 Å². The SMILES string of the molecule is S=c1n(CN2CCOCC2)nc(-c2ccccc2)n1Cc1ccc2c(c1)OCO2. The van der Waals surface area contributed by atoms with E-state index >= 15 is 0 Å². The molecule has 0 atom stereocenters. The van der Waals surface area contributed by atoms with Gasteiger partial charge in [0.2, 0.25) is 6.79 Å². The molecule has 0 N–H and O–H groups in total. The van der Waals surface area contributed by atoms with Crippen molar-refractivity contribution < 1.29 is 14.2 Å². The first-order valence-electron chi connectivity index (χ1n) is 9.69. The van der Waals surface area contributed by atoms with Crippen LogP contribution in [0.1, 0.15) is 5.56 Å². The molecule has 0 spiro atoms. The number of rotatable bonds is 5. The lowest BCUT2D eigenvalue weighted by atomic mass is 10.2. The number of aromatic nitrogens is 3. The fraction of sp³-hybridized carbons (Fsp3) is 0.333. The Kier molecular flexibility index (Phi) is 5.05. The molecule has 1 aromatic heterocycles. The van der Waals surface area contributed by atoms with E-state index in [1.807, 2.05) is 41.1 Å². The highest BCUT2D eigenvalue weighted by Gasteiger charge is 2.18. The van der Waals surface area contributed by atoms with Crippen LogP contribution < -0.4 is 9.47 Å². The van der Waals surface area contributed by atoms with Crippen molar-refractivity contribution in [2.24, 2.45) is 0 Å². The summed E-state index contributed by atoms with van der Waals surface area (Å²) in [5.74, 6) is 2.42. The van der Waals surface area contributed by atoms with Crippen molar-refractivity contribution in [2.45, 2.75) is 13.2 Å². The van der Waals surface area contributed by atoms with Gasteiger partial charge in [-0.25, -0.2) is 4.68 Å². The lowest BCUT2D eigenvalue weighted by Crippen LogP contribution is -2.37. The quantitative estimate of drug-likeness (QED) is 0.603. The largest absolute Gasteiger partial charge is 0.454 e. The van der Waals surface area contributed by atoms with E-state index < -0.39 is 0 Å². The van der Waals surface area contributed by atoms with E-state index in [2.05, 4.69) is 21.6 Å². The van der Waals surface area contributed by atoms with Gasteiger partial charge < -0.3 is 14.2 Å². The van der Waals surface area contributed by atoms with Gasteiger partial charge in [-0.3, -0.25) is 9.47 Å². The number of benzene rings is 2. The number of morpholine rings is 1. The highest BCUT2D eigenvalue weighted by Crippen LogP contribution is 2.33. The molecule has 150 valence electrons. The lowest BCUT2D eigenvalue weighted by molar-refractivity contribution is 0.0209. The molecular weight excluding hydrogens is 388 g/mol. The van der Waals surface area contributed by atoms with Crippen LogP contribution in [0.2, 0.25) is 0 Å². The summed E-state index contributed by atoms with van der Waals surface area (Å²) in [6.45, 7) is 4.81. The first-order chi connectivity index (χ1) is 14.3. The van der Waals surface area contributed by atoms with Crippen LogP contribution in [0.25, 0.3) is 11.4 Å². The first kappa shape index (κ1) is 18.4. The van der Waals surface area contributed by atoms with Crippen molar-refractivity contribution in [1.82, 2.24) is 19.2 Å². The topological polar surface area (TPSA) is 53.7 Å². The average Bonchev–Trinajstić information content (AvgIpc) is 3.35. The Balaban J connectivity index is 1.51. The van der Waals surface area contributed by atoms with Crippen LogP contribution in [0.5, 0.6) is 11.5 Å². The third-order valence-electron chi connectivity index (χ3n) is 5.17. The van der Waals surface area contributed by atoms with Crippen molar-refractivity contribution in [3.63, 3.8) is 0 Å². The van der Waals surface area contributed by atoms with Crippen molar-refractivity contribution in [3.05, 3.63) is 58.9 Å². The zero-order chi connectivity index (χ0) is 19.6. The van der Waals surface area contributed by atoms with Gasteiger partial charge >= 0.3 is 0 Å². The number of hydrogen-bond donors (Lipinski definition) is 0. The van der Waals surface area contributed by atoms with Gasteiger partial charge in [0.05, 0.1) is 26.4 Å². The van der Waals surface area contributed by atoms with Crippen molar-refractivity contribution in [1.29, 1.82) is 0 Å².